The van der Waals surface area contributed by atoms with E-state index in [1.807, 2.05) is 15.9 Å². The molecular formula is C8H5BrF3NO2. The molecule has 0 saturated carbocycles. The van der Waals surface area contributed by atoms with Crippen LogP contribution in [0.3, 0.4) is 0 Å². The van der Waals surface area contributed by atoms with E-state index in [1.54, 1.807) is 5.32 Å². The number of halogens is 4. The second-order valence-corrected chi connectivity index (χ2v) is 3.61. The van der Waals surface area contributed by atoms with Crippen LogP contribution in [-0.2, 0) is 4.79 Å². The van der Waals surface area contributed by atoms with Crippen LogP contribution < -0.4 is 5.32 Å². The zero-order valence-electron chi connectivity index (χ0n) is 7.10. The molecule has 7 heteroatoms. The molecule has 0 bridgehead atoms. The Balaban J connectivity index is 2.87. The molecular weight excluding hydrogens is 279 g/mol. The largest absolute Gasteiger partial charge is 0.506 e. The van der Waals surface area contributed by atoms with Crippen molar-refractivity contribution in [3.63, 3.8) is 0 Å². The standard InChI is InChI=1S/C8H5BrF3NO2/c9-8(11,12)7(15)13-5-2-1-4(10)3-6(5)14/h1-3,14H,(H,13,15). The zero-order chi connectivity index (χ0) is 11.6. The van der Waals surface area contributed by atoms with Crippen LogP contribution in [0.25, 0.3) is 0 Å². The Labute approximate surface area is 91.0 Å². The maximum absolute atomic E-state index is 12.5. The highest BCUT2D eigenvalue weighted by Gasteiger charge is 2.35. The summed E-state index contributed by atoms with van der Waals surface area (Å²) in [6.07, 6.45) is 0. The fraction of sp³-hybridized carbons (Fsp3) is 0.125. The van der Waals surface area contributed by atoms with Crippen LogP contribution in [0.1, 0.15) is 0 Å². The molecule has 0 fully saturated rings. The van der Waals surface area contributed by atoms with Crippen molar-refractivity contribution < 1.29 is 23.1 Å². The predicted octanol–water partition coefficient (Wildman–Crippen LogP) is 2.46. The molecule has 15 heavy (non-hydrogen) atoms. The van der Waals surface area contributed by atoms with E-state index >= 15 is 0 Å². The second kappa shape index (κ2) is 4.09. The summed E-state index contributed by atoms with van der Waals surface area (Å²) in [5.74, 6) is -3.01. The molecule has 1 amide bonds. The molecule has 1 rings (SSSR count). The normalized spacial score (nSPS) is 11.2. The summed E-state index contributed by atoms with van der Waals surface area (Å²) in [7, 11) is 0. The van der Waals surface area contributed by atoms with Gasteiger partial charge in [0.25, 0.3) is 0 Å². The Bertz CT molecular complexity index is 392. The van der Waals surface area contributed by atoms with Gasteiger partial charge < -0.3 is 10.4 Å². The highest BCUT2D eigenvalue weighted by molar-refractivity contribution is 9.10. The van der Waals surface area contributed by atoms with Gasteiger partial charge in [-0.25, -0.2) is 4.39 Å². The quantitative estimate of drug-likeness (QED) is 0.647. The van der Waals surface area contributed by atoms with Crippen molar-refractivity contribution in [2.45, 2.75) is 4.83 Å². The molecule has 0 aliphatic heterocycles. The summed E-state index contributed by atoms with van der Waals surface area (Å²) in [6, 6.07) is 2.59. The summed E-state index contributed by atoms with van der Waals surface area (Å²) >= 11 is 1.84. The van der Waals surface area contributed by atoms with Crippen molar-refractivity contribution in [2.75, 3.05) is 5.32 Å². The average molecular weight is 284 g/mol. The topological polar surface area (TPSA) is 49.3 Å². The van der Waals surface area contributed by atoms with E-state index in [-0.39, 0.29) is 5.69 Å². The summed E-state index contributed by atoms with van der Waals surface area (Å²) < 4.78 is 37.2. The number of carbonyl (C=O) groups is 1. The maximum Gasteiger partial charge on any atom is 0.378 e. The molecule has 0 saturated heterocycles. The lowest BCUT2D eigenvalue weighted by molar-refractivity contribution is -0.128. The van der Waals surface area contributed by atoms with Crippen LogP contribution in [0.2, 0.25) is 0 Å². The molecule has 0 aromatic heterocycles. The van der Waals surface area contributed by atoms with Gasteiger partial charge in [0.15, 0.2) is 0 Å². The van der Waals surface area contributed by atoms with Gasteiger partial charge >= 0.3 is 10.7 Å². The number of nitrogens with one attached hydrogen (secondary N) is 1. The molecule has 0 radical (unpaired) electrons. The minimum absolute atomic E-state index is 0.291. The van der Waals surface area contributed by atoms with E-state index in [2.05, 4.69) is 0 Å². The highest BCUT2D eigenvalue weighted by Crippen LogP contribution is 2.28. The number of rotatable bonds is 2. The molecule has 82 valence electrons. The number of benzene rings is 1. The highest BCUT2D eigenvalue weighted by atomic mass is 79.9. The average Bonchev–Trinajstić information content (AvgIpc) is 2.08. The van der Waals surface area contributed by atoms with E-state index in [9.17, 15) is 18.0 Å². The van der Waals surface area contributed by atoms with Gasteiger partial charge in [-0.05, 0) is 12.1 Å². The van der Waals surface area contributed by atoms with Crippen LogP contribution in [-0.4, -0.2) is 15.8 Å². The SMILES string of the molecule is O=C(Nc1ccc(F)cc1O)C(F)(F)Br. The van der Waals surface area contributed by atoms with Crippen LogP contribution >= 0.6 is 15.9 Å². The van der Waals surface area contributed by atoms with Crippen molar-refractivity contribution >= 4 is 27.5 Å². The molecule has 0 spiro atoms. The third-order valence-corrected chi connectivity index (χ3v) is 1.83. The van der Waals surface area contributed by atoms with Gasteiger partial charge in [0.1, 0.15) is 11.6 Å². The van der Waals surface area contributed by atoms with Crippen molar-refractivity contribution in [3.05, 3.63) is 24.0 Å². The molecule has 0 aliphatic carbocycles. The van der Waals surface area contributed by atoms with Gasteiger partial charge in [-0.2, -0.15) is 8.78 Å². The number of carbonyl (C=O) groups excluding carboxylic acids is 1. The van der Waals surface area contributed by atoms with Gasteiger partial charge in [-0.3, -0.25) is 4.79 Å². The minimum Gasteiger partial charge on any atom is -0.506 e. The van der Waals surface area contributed by atoms with Gasteiger partial charge in [0.2, 0.25) is 0 Å². The first-order chi connectivity index (χ1) is 6.80. The Morgan fingerprint density at radius 2 is 2.07 bits per heavy atom. The number of anilines is 1. The molecule has 2 N–H and O–H groups in total. The van der Waals surface area contributed by atoms with Crippen molar-refractivity contribution in [1.29, 1.82) is 0 Å². The molecule has 3 nitrogen and oxygen atoms in total. The van der Waals surface area contributed by atoms with Gasteiger partial charge in [-0.15, -0.1) is 0 Å². The molecule has 1 aromatic carbocycles. The Morgan fingerprint density at radius 3 is 2.53 bits per heavy atom. The summed E-state index contributed by atoms with van der Waals surface area (Å²) in [5.41, 5.74) is -0.291. The number of hydrogen-bond acceptors (Lipinski definition) is 2. The zero-order valence-corrected chi connectivity index (χ0v) is 8.69. The van der Waals surface area contributed by atoms with E-state index in [0.29, 0.717) is 6.07 Å². The first-order valence-electron chi connectivity index (χ1n) is 3.67. The van der Waals surface area contributed by atoms with E-state index in [0.717, 1.165) is 12.1 Å². The summed E-state index contributed by atoms with van der Waals surface area (Å²) in [6.45, 7) is 0. The van der Waals surface area contributed by atoms with Crippen LogP contribution in [0, 0.1) is 5.82 Å². The van der Waals surface area contributed by atoms with Gasteiger partial charge in [0, 0.05) is 22.0 Å². The lowest BCUT2D eigenvalue weighted by Gasteiger charge is -2.10. The number of phenols is 1. The predicted molar refractivity (Wildman–Crippen MR) is 50.6 cm³/mol. The molecule has 0 aliphatic rings. The monoisotopic (exact) mass is 283 g/mol. The maximum atomic E-state index is 12.5. The summed E-state index contributed by atoms with van der Waals surface area (Å²) in [4.78, 5) is 7.02. The Morgan fingerprint density at radius 1 is 1.47 bits per heavy atom. The third-order valence-electron chi connectivity index (χ3n) is 1.47. The molecule has 0 unspecified atom stereocenters. The van der Waals surface area contributed by atoms with Crippen LogP contribution in [0.5, 0.6) is 5.75 Å². The van der Waals surface area contributed by atoms with Gasteiger partial charge in [0.05, 0.1) is 5.69 Å². The number of hydrogen-bond donors (Lipinski definition) is 2. The fourth-order valence-corrected chi connectivity index (χ4v) is 0.903. The van der Waals surface area contributed by atoms with E-state index < -0.39 is 22.3 Å². The summed E-state index contributed by atoms with van der Waals surface area (Å²) in [5, 5.41) is 10.8. The number of phenolic OH excluding ortho intramolecular Hbond substituents is 1. The van der Waals surface area contributed by atoms with Crippen LogP contribution in [0.15, 0.2) is 18.2 Å². The molecule has 0 atom stereocenters. The Kier molecular flexibility index (Phi) is 3.23. The Hall–Kier alpha value is -1.24. The van der Waals surface area contributed by atoms with E-state index in [1.165, 1.54) is 0 Å². The van der Waals surface area contributed by atoms with E-state index in [4.69, 9.17) is 5.11 Å². The fourth-order valence-electron chi connectivity index (χ4n) is 0.804. The van der Waals surface area contributed by atoms with Crippen molar-refractivity contribution in [1.82, 2.24) is 0 Å². The third kappa shape index (κ3) is 3.12. The number of alkyl halides is 3. The van der Waals surface area contributed by atoms with Crippen LogP contribution in [0.4, 0.5) is 18.9 Å². The smallest absolute Gasteiger partial charge is 0.378 e. The second-order valence-electron chi connectivity index (χ2n) is 2.61. The lowest BCUT2D eigenvalue weighted by atomic mass is 10.3. The number of aromatic hydroxyl groups is 1. The first kappa shape index (κ1) is 11.8. The molecule has 0 heterocycles. The first-order valence-corrected chi connectivity index (χ1v) is 4.46. The lowest BCUT2D eigenvalue weighted by Crippen LogP contribution is -2.28. The number of amides is 1. The van der Waals surface area contributed by atoms with Crippen molar-refractivity contribution in [3.8, 4) is 5.75 Å². The molecule has 1 aromatic rings. The minimum atomic E-state index is -3.74. The van der Waals surface area contributed by atoms with Crippen molar-refractivity contribution in [2.24, 2.45) is 0 Å². The van der Waals surface area contributed by atoms with Gasteiger partial charge in [-0.1, -0.05) is 0 Å².